The Kier molecular flexibility index (Phi) is 6.82. The number of methoxy groups -OCH3 is 2. The number of benzene rings is 2. The molecule has 1 aliphatic heterocycles. The van der Waals surface area contributed by atoms with E-state index in [-0.39, 0.29) is 18.1 Å². The first-order valence-electron chi connectivity index (χ1n) is 11.2. The topological polar surface area (TPSA) is 63.8 Å². The number of aromatic nitrogens is 1. The average Bonchev–Trinajstić information content (AvgIpc) is 3.32. The molecule has 0 saturated carbocycles. The van der Waals surface area contributed by atoms with E-state index in [0.717, 1.165) is 37.2 Å². The Balaban J connectivity index is 1.67. The number of hydrogen-bond acceptors (Lipinski definition) is 5. The molecule has 0 spiro atoms. The van der Waals surface area contributed by atoms with Crippen molar-refractivity contribution in [1.82, 2.24) is 9.88 Å². The van der Waals surface area contributed by atoms with Gasteiger partial charge in [0.05, 0.1) is 25.9 Å². The number of fused-ring (bicyclic) bond motifs is 1. The lowest BCUT2D eigenvalue weighted by molar-refractivity contribution is -0.0138. The van der Waals surface area contributed by atoms with Gasteiger partial charge in [-0.15, -0.1) is 0 Å². The van der Waals surface area contributed by atoms with Gasteiger partial charge >= 0.3 is 5.97 Å². The Bertz CT molecular complexity index is 1070. The molecule has 170 valence electrons. The Labute approximate surface area is 189 Å². The number of ether oxygens (including phenoxy) is 3. The van der Waals surface area contributed by atoms with Crippen molar-refractivity contribution < 1.29 is 19.0 Å². The first kappa shape index (κ1) is 22.4. The second kappa shape index (κ2) is 9.76. The summed E-state index contributed by atoms with van der Waals surface area (Å²) in [5.74, 6) is 0.602. The lowest BCUT2D eigenvalue weighted by atomic mass is 9.91. The van der Waals surface area contributed by atoms with Gasteiger partial charge in [0.1, 0.15) is 5.75 Å². The molecule has 2 heterocycles. The fraction of sp³-hybridized carbons (Fsp3) is 0.423. The highest BCUT2D eigenvalue weighted by Gasteiger charge is 2.31. The number of rotatable bonds is 7. The van der Waals surface area contributed by atoms with E-state index in [9.17, 15) is 4.79 Å². The minimum Gasteiger partial charge on any atom is -0.496 e. The van der Waals surface area contributed by atoms with Crippen LogP contribution in [0.5, 0.6) is 5.75 Å². The Hall–Kier alpha value is -2.83. The molecular weight excluding hydrogens is 404 g/mol. The van der Waals surface area contributed by atoms with Crippen LogP contribution in [0.25, 0.3) is 10.9 Å². The zero-order chi connectivity index (χ0) is 22.7. The van der Waals surface area contributed by atoms with Crippen LogP contribution in [0.1, 0.15) is 52.9 Å². The van der Waals surface area contributed by atoms with Crippen molar-refractivity contribution in [2.24, 2.45) is 0 Å². The largest absolute Gasteiger partial charge is 0.496 e. The summed E-state index contributed by atoms with van der Waals surface area (Å²) in [6.45, 7) is 6.57. The van der Waals surface area contributed by atoms with Crippen LogP contribution in [0.15, 0.2) is 42.6 Å². The van der Waals surface area contributed by atoms with Crippen molar-refractivity contribution in [3.05, 3.63) is 64.8 Å². The highest BCUT2D eigenvalue weighted by molar-refractivity contribution is 5.89. The van der Waals surface area contributed by atoms with Crippen LogP contribution in [0.4, 0.5) is 0 Å². The summed E-state index contributed by atoms with van der Waals surface area (Å²) < 4.78 is 16.6. The number of esters is 1. The zero-order valence-electron chi connectivity index (χ0n) is 19.3. The highest BCUT2D eigenvalue weighted by atomic mass is 16.5. The maximum atomic E-state index is 11.9. The molecular formula is C26H32N2O4. The Morgan fingerprint density at radius 2 is 1.97 bits per heavy atom. The highest BCUT2D eigenvalue weighted by Crippen LogP contribution is 2.37. The standard InChI is InChI=1S/C26H32N2O4/c1-5-32-20-11-13-28(23(15-20)18-6-8-19(9-7-18)26(29)31-4)16-22-21-10-12-27-25(21)17(2)14-24(22)30-3/h6-10,12,14,20,23,27H,5,11,13,15-16H2,1-4H3/t20-,23-/m1/s1. The van der Waals surface area contributed by atoms with E-state index in [1.54, 1.807) is 7.11 Å². The molecule has 1 fully saturated rings. The van der Waals surface area contributed by atoms with E-state index in [0.29, 0.717) is 12.2 Å². The molecule has 0 radical (unpaired) electrons. The molecule has 0 amide bonds. The van der Waals surface area contributed by atoms with Crippen molar-refractivity contribution in [2.45, 2.75) is 45.4 Å². The molecule has 3 aromatic rings. The molecule has 0 bridgehead atoms. The second-order valence-corrected chi connectivity index (χ2v) is 8.34. The van der Waals surface area contributed by atoms with Gasteiger partial charge in [0.25, 0.3) is 0 Å². The van der Waals surface area contributed by atoms with E-state index >= 15 is 0 Å². The SMILES string of the molecule is CCO[C@@H]1CCN(Cc2c(OC)cc(C)c3[nH]ccc23)[C@@H](c2ccc(C(=O)OC)cc2)C1. The molecule has 2 atom stereocenters. The van der Waals surface area contributed by atoms with Gasteiger partial charge in [-0.25, -0.2) is 4.79 Å². The fourth-order valence-electron chi connectivity index (χ4n) is 4.85. The van der Waals surface area contributed by atoms with Gasteiger partial charge in [0, 0.05) is 48.4 Å². The Morgan fingerprint density at radius 1 is 1.19 bits per heavy atom. The molecule has 1 aliphatic rings. The zero-order valence-corrected chi connectivity index (χ0v) is 19.3. The predicted molar refractivity (Wildman–Crippen MR) is 125 cm³/mol. The number of H-pyrrole nitrogens is 1. The van der Waals surface area contributed by atoms with Gasteiger partial charge in [0.2, 0.25) is 0 Å². The molecule has 4 rings (SSSR count). The number of aryl methyl sites for hydroxylation is 1. The van der Waals surface area contributed by atoms with E-state index in [2.05, 4.69) is 28.9 Å². The van der Waals surface area contributed by atoms with E-state index in [1.165, 1.54) is 29.2 Å². The third kappa shape index (κ3) is 4.38. The second-order valence-electron chi connectivity index (χ2n) is 8.34. The molecule has 1 saturated heterocycles. The fourth-order valence-corrected chi connectivity index (χ4v) is 4.85. The predicted octanol–water partition coefficient (Wildman–Crippen LogP) is 5.01. The van der Waals surface area contributed by atoms with Crippen LogP contribution in [-0.4, -0.2) is 49.3 Å². The lowest BCUT2D eigenvalue weighted by Gasteiger charge is -2.40. The average molecular weight is 437 g/mol. The maximum absolute atomic E-state index is 11.9. The summed E-state index contributed by atoms with van der Waals surface area (Å²) in [4.78, 5) is 17.7. The number of aromatic amines is 1. The van der Waals surface area contributed by atoms with Gasteiger partial charge < -0.3 is 19.2 Å². The van der Waals surface area contributed by atoms with Crippen molar-refractivity contribution in [1.29, 1.82) is 0 Å². The van der Waals surface area contributed by atoms with Crippen LogP contribution in [0.2, 0.25) is 0 Å². The summed E-state index contributed by atoms with van der Waals surface area (Å²) in [6.07, 6.45) is 4.13. The van der Waals surface area contributed by atoms with Crippen molar-refractivity contribution in [3.8, 4) is 5.75 Å². The molecule has 6 nitrogen and oxygen atoms in total. The Morgan fingerprint density at radius 3 is 2.66 bits per heavy atom. The summed E-state index contributed by atoms with van der Waals surface area (Å²) >= 11 is 0. The van der Waals surface area contributed by atoms with Crippen LogP contribution in [0, 0.1) is 6.92 Å². The van der Waals surface area contributed by atoms with E-state index in [1.807, 2.05) is 37.4 Å². The number of hydrogen-bond donors (Lipinski definition) is 1. The van der Waals surface area contributed by atoms with Crippen molar-refractivity contribution in [3.63, 3.8) is 0 Å². The lowest BCUT2D eigenvalue weighted by Crippen LogP contribution is -2.39. The van der Waals surface area contributed by atoms with Gasteiger partial charge in [-0.05, 0) is 62.1 Å². The summed E-state index contributed by atoms with van der Waals surface area (Å²) in [7, 11) is 3.14. The summed E-state index contributed by atoms with van der Waals surface area (Å²) in [5, 5.41) is 1.20. The van der Waals surface area contributed by atoms with E-state index in [4.69, 9.17) is 14.2 Å². The molecule has 2 aromatic carbocycles. The van der Waals surface area contributed by atoms with Gasteiger partial charge in [-0.1, -0.05) is 12.1 Å². The number of carbonyl (C=O) groups excluding carboxylic acids is 1. The molecule has 1 N–H and O–H groups in total. The molecule has 32 heavy (non-hydrogen) atoms. The molecule has 6 heteroatoms. The van der Waals surface area contributed by atoms with Crippen molar-refractivity contribution in [2.75, 3.05) is 27.4 Å². The number of nitrogens with zero attached hydrogens (tertiary/aromatic N) is 1. The minimum atomic E-state index is -0.316. The third-order valence-electron chi connectivity index (χ3n) is 6.48. The first-order chi connectivity index (χ1) is 15.5. The van der Waals surface area contributed by atoms with Gasteiger partial charge in [0.15, 0.2) is 0 Å². The normalized spacial score (nSPS) is 19.2. The van der Waals surface area contributed by atoms with Crippen LogP contribution < -0.4 is 4.74 Å². The summed E-state index contributed by atoms with van der Waals surface area (Å²) in [5.41, 5.74) is 5.27. The molecule has 1 aromatic heterocycles. The van der Waals surface area contributed by atoms with Gasteiger partial charge in [-0.2, -0.15) is 0 Å². The number of piperidine rings is 1. The maximum Gasteiger partial charge on any atom is 0.337 e. The van der Waals surface area contributed by atoms with Gasteiger partial charge in [-0.3, -0.25) is 4.90 Å². The third-order valence-corrected chi connectivity index (χ3v) is 6.48. The molecule has 0 unspecified atom stereocenters. The number of nitrogens with one attached hydrogen (secondary N) is 1. The number of likely N-dealkylation sites (tertiary alicyclic amines) is 1. The van der Waals surface area contributed by atoms with Crippen LogP contribution in [-0.2, 0) is 16.0 Å². The minimum absolute atomic E-state index is 0.187. The molecule has 0 aliphatic carbocycles. The quantitative estimate of drug-likeness (QED) is 0.527. The smallest absolute Gasteiger partial charge is 0.337 e. The van der Waals surface area contributed by atoms with Crippen LogP contribution >= 0.6 is 0 Å². The summed E-state index contributed by atoms with van der Waals surface area (Å²) in [6, 6.07) is 12.2. The monoisotopic (exact) mass is 436 g/mol. The van der Waals surface area contributed by atoms with E-state index < -0.39 is 0 Å². The van der Waals surface area contributed by atoms with Crippen molar-refractivity contribution >= 4 is 16.9 Å². The number of carbonyl (C=O) groups is 1. The van der Waals surface area contributed by atoms with Crippen LogP contribution in [0.3, 0.4) is 0 Å². The first-order valence-corrected chi connectivity index (χ1v) is 11.2.